The first-order chi connectivity index (χ1) is 9.74. The first kappa shape index (κ1) is 14.7. The number of rotatable bonds is 7. The minimum atomic E-state index is 0.255. The molecule has 4 heteroatoms. The maximum Gasteiger partial charge on any atom is 0.0605 e. The number of nitrogens with one attached hydrogen (secondary N) is 1. The molecular weight excluding hydrogens is 248 g/mol. The summed E-state index contributed by atoms with van der Waals surface area (Å²) in [6, 6.07) is 4.37. The molecule has 0 aromatic carbocycles. The van der Waals surface area contributed by atoms with Crippen LogP contribution in [0.2, 0.25) is 0 Å². The highest BCUT2D eigenvalue weighted by molar-refractivity contribution is 5.23. The molecule has 0 radical (unpaired) electrons. The molecule has 108 valence electrons. The second-order valence-electron chi connectivity index (χ2n) is 5.12. The Balaban J connectivity index is 2.17. The largest absolute Gasteiger partial charge is 0.308 e. The Bertz CT molecular complexity index is 533. The molecule has 1 unspecified atom stereocenters. The van der Waals surface area contributed by atoms with E-state index in [4.69, 9.17) is 0 Å². The monoisotopic (exact) mass is 272 g/mol. The van der Waals surface area contributed by atoms with Gasteiger partial charge in [0.15, 0.2) is 0 Å². The summed E-state index contributed by atoms with van der Waals surface area (Å²) in [6.07, 6.45) is 8.01. The average molecular weight is 272 g/mol. The molecule has 0 bridgehead atoms. The highest BCUT2D eigenvalue weighted by Gasteiger charge is 2.15. The maximum atomic E-state index is 4.56. The van der Waals surface area contributed by atoms with E-state index < -0.39 is 0 Å². The van der Waals surface area contributed by atoms with E-state index in [-0.39, 0.29) is 6.04 Å². The SMILES string of the molecule is CCCNC(Cc1cnn(CC)c1)c1ncccc1C. The molecule has 2 aromatic rings. The van der Waals surface area contributed by atoms with Crippen LogP contribution in [0.4, 0.5) is 0 Å². The van der Waals surface area contributed by atoms with Crippen molar-refractivity contribution < 1.29 is 0 Å². The Morgan fingerprint density at radius 1 is 1.35 bits per heavy atom. The lowest BCUT2D eigenvalue weighted by Gasteiger charge is -2.19. The number of aryl methyl sites for hydroxylation is 2. The normalized spacial score (nSPS) is 12.6. The number of nitrogens with zero attached hydrogens (tertiary/aromatic N) is 3. The molecule has 1 atom stereocenters. The lowest BCUT2D eigenvalue weighted by molar-refractivity contribution is 0.515. The summed E-state index contributed by atoms with van der Waals surface area (Å²) in [4.78, 5) is 4.56. The molecule has 0 fully saturated rings. The Morgan fingerprint density at radius 3 is 2.85 bits per heavy atom. The summed E-state index contributed by atoms with van der Waals surface area (Å²) in [7, 11) is 0. The number of aromatic nitrogens is 3. The minimum Gasteiger partial charge on any atom is -0.308 e. The van der Waals surface area contributed by atoms with E-state index in [0.717, 1.165) is 31.6 Å². The van der Waals surface area contributed by atoms with Crippen molar-refractivity contribution in [3.63, 3.8) is 0 Å². The quantitative estimate of drug-likeness (QED) is 0.842. The van der Waals surface area contributed by atoms with Crippen LogP contribution in [0.5, 0.6) is 0 Å². The second kappa shape index (κ2) is 7.20. The summed E-state index contributed by atoms with van der Waals surface area (Å²) in [5, 5.41) is 7.96. The van der Waals surface area contributed by atoms with E-state index in [1.54, 1.807) is 0 Å². The van der Waals surface area contributed by atoms with Crippen molar-refractivity contribution in [3.05, 3.63) is 47.5 Å². The molecular formula is C16H24N4. The molecule has 0 saturated carbocycles. The molecule has 0 aliphatic carbocycles. The van der Waals surface area contributed by atoms with Gasteiger partial charge in [-0.05, 0) is 50.4 Å². The van der Waals surface area contributed by atoms with Gasteiger partial charge in [-0.1, -0.05) is 13.0 Å². The van der Waals surface area contributed by atoms with Crippen LogP contribution in [-0.4, -0.2) is 21.3 Å². The van der Waals surface area contributed by atoms with Crippen molar-refractivity contribution in [2.24, 2.45) is 0 Å². The van der Waals surface area contributed by atoms with E-state index in [2.05, 4.69) is 48.4 Å². The zero-order valence-electron chi connectivity index (χ0n) is 12.6. The molecule has 0 spiro atoms. The van der Waals surface area contributed by atoms with Gasteiger partial charge in [-0.3, -0.25) is 9.67 Å². The highest BCUT2D eigenvalue weighted by atomic mass is 15.3. The van der Waals surface area contributed by atoms with Gasteiger partial charge in [-0.15, -0.1) is 0 Å². The van der Waals surface area contributed by atoms with E-state index in [0.29, 0.717) is 0 Å². The molecule has 0 amide bonds. The van der Waals surface area contributed by atoms with Gasteiger partial charge in [-0.2, -0.15) is 5.10 Å². The highest BCUT2D eigenvalue weighted by Crippen LogP contribution is 2.19. The van der Waals surface area contributed by atoms with Gasteiger partial charge in [0.05, 0.1) is 17.9 Å². The molecule has 2 rings (SSSR count). The standard InChI is InChI=1S/C16H24N4/c1-4-8-17-15(16-13(3)7-6-9-18-16)10-14-11-19-20(5-2)12-14/h6-7,9,11-12,15,17H,4-5,8,10H2,1-3H3. The Morgan fingerprint density at radius 2 is 2.20 bits per heavy atom. The number of pyridine rings is 1. The zero-order valence-corrected chi connectivity index (χ0v) is 12.6. The molecule has 4 nitrogen and oxygen atoms in total. The predicted octanol–water partition coefficient (Wildman–Crippen LogP) is 2.89. The lowest BCUT2D eigenvalue weighted by atomic mass is 10.0. The molecule has 0 aliphatic heterocycles. The van der Waals surface area contributed by atoms with Crippen LogP contribution in [0, 0.1) is 6.92 Å². The van der Waals surface area contributed by atoms with Crippen LogP contribution in [0.3, 0.4) is 0 Å². The molecule has 0 aliphatic rings. The maximum absolute atomic E-state index is 4.56. The van der Waals surface area contributed by atoms with E-state index in [1.807, 2.05) is 23.1 Å². The van der Waals surface area contributed by atoms with Crippen LogP contribution < -0.4 is 5.32 Å². The third-order valence-corrected chi connectivity index (χ3v) is 3.47. The van der Waals surface area contributed by atoms with Crippen LogP contribution in [-0.2, 0) is 13.0 Å². The van der Waals surface area contributed by atoms with E-state index in [1.165, 1.54) is 11.1 Å². The Hall–Kier alpha value is -1.68. The molecule has 2 aromatic heterocycles. The zero-order chi connectivity index (χ0) is 14.4. The topological polar surface area (TPSA) is 42.7 Å². The van der Waals surface area contributed by atoms with Gasteiger partial charge in [0.1, 0.15) is 0 Å². The first-order valence-electron chi connectivity index (χ1n) is 7.40. The summed E-state index contributed by atoms with van der Waals surface area (Å²) < 4.78 is 1.97. The molecule has 1 N–H and O–H groups in total. The van der Waals surface area contributed by atoms with Crippen molar-refractivity contribution in [1.82, 2.24) is 20.1 Å². The van der Waals surface area contributed by atoms with Gasteiger partial charge in [0.25, 0.3) is 0 Å². The number of hydrogen-bond donors (Lipinski definition) is 1. The van der Waals surface area contributed by atoms with Gasteiger partial charge in [0, 0.05) is 18.9 Å². The fourth-order valence-electron chi connectivity index (χ4n) is 2.37. The summed E-state index contributed by atoms with van der Waals surface area (Å²) in [5.74, 6) is 0. The summed E-state index contributed by atoms with van der Waals surface area (Å²) in [6.45, 7) is 8.33. The van der Waals surface area contributed by atoms with E-state index >= 15 is 0 Å². The second-order valence-corrected chi connectivity index (χ2v) is 5.12. The van der Waals surface area contributed by atoms with Crippen molar-refractivity contribution >= 4 is 0 Å². The van der Waals surface area contributed by atoms with Crippen LogP contribution in [0.25, 0.3) is 0 Å². The van der Waals surface area contributed by atoms with Crippen molar-refractivity contribution in [3.8, 4) is 0 Å². The third kappa shape index (κ3) is 3.67. The van der Waals surface area contributed by atoms with Crippen LogP contribution >= 0.6 is 0 Å². The molecule has 2 heterocycles. The molecule has 0 saturated heterocycles. The lowest BCUT2D eigenvalue weighted by Crippen LogP contribution is -2.25. The predicted molar refractivity (Wildman–Crippen MR) is 81.6 cm³/mol. The molecule has 20 heavy (non-hydrogen) atoms. The van der Waals surface area contributed by atoms with Gasteiger partial charge < -0.3 is 5.32 Å². The van der Waals surface area contributed by atoms with Gasteiger partial charge in [0.2, 0.25) is 0 Å². The number of hydrogen-bond acceptors (Lipinski definition) is 3. The Kier molecular flexibility index (Phi) is 5.30. The van der Waals surface area contributed by atoms with Gasteiger partial charge in [-0.25, -0.2) is 0 Å². The smallest absolute Gasteiger partial charge is 0.0605 e. The first-order valence-corrected chi connectivity index (χ1v) is 7.40. The fraction of sp³-hybridized carbons (Fsp3) is 0.500. The van der Waals surface area contributed by atoms with Crippen LogP contribution in [0.15, 0.2) is 30.7 Å². The van der Waals surface area contributed by atoms with Gasteiger partial charge >= 0.3 is 0 Å². The summed E-state index contributed by atoms with van der Waals surface area (Å²) in [5.41, 5.74) is 3.64. The van der Waals surface area contributed by atoms with Crippen molar-refractivity contribution in [2.75, 3.05) is 6.54 Å². The van der Waals surface area contributed by atoms with E-state index in [9.17, 15) is 0 Å². The average Bonchev–Trinajstić information content (AvgIpc) is 2.92. The van der Waals surface area contributed by atoms with Crippen LogP contribution in [0.1, 0.15) is 43.1 Å². The third-order valence-electron chi connectivity index (χ3n) is 3.47. The summed E-state index contributed by atoms with van der Waals surface area (Å²) >= 11 is 0. The fourth-order valence-corrected chi connectivity index (χ4v) is 2.37. The Labute approximate surface area is 121 Å². The van der Waals surface area contributed by atoms with Crippen molar-refractivity contribution in [1.29, 1.82) is 0 Å². The minimum absolute atomic E-state index is 0.255. The van der Waals surface area contributed by atoms with Crippen molar-refractivity contribution in [2.45, 2.75) is 46.2 Å².